The van der Waals surface area contributed by atoms with E-state index in [0.717, 1.165) is 11.6 Å². The Morgan fingerprint density at radius 1 is 1.22 bits per heavy atom. The fourth-order valence-corrected chi connectivity index (χ4v) is 3.14. The number of pyridine rings is 1. The first-order valence-electron chi connectivity index (χ1n) is 7.81. The summed E-state index contributed by atoms with van der Waals surface area (Å²) in [7, 11) is -2.52. The van der Waals surface area contributed by atoms with Crippen LogP contribution in [-0.4, -0.2) is 35.2 Å². The lowest BCUT2D eigenvalue weighted by Gasteiger charge is -2.10. The second-order valence-corrected chi connectivity index (χ2v) is 7.36. The van der Waals surface area contributed by atoms with Crippen LogP contribution >= 0.6 is 0 Å². The summed E-state index contributed by atoms with van der Waals surface area (Å²) in [6.45, 7) is 0.287. The molecule has 140 valence electrons. The van der Waals surface area contributed by atoms with E-state index in [1.165, 1.54) is 19.2 Å². The van der Waals surface area contributed by atoms with Gasteiger partial charge in [-0.25, -0.2) is 22.8 Å². The normalized spacial score (nSPS) is 11.3. The second-order valence-electron chi connectivity index (χ2n) is 5.47. The molecule has 0 atom stereocenters. The number of hydrogen-bond acceptors (Lipinski definition) is 7. The van der Waals surface area contributed by atoms with Crippen molar-refractivity contribution in [2.45, 2.75) is 11.4 Å². The van der Waals surface area contributed by atoms with Gasteiger partial charge in [-0.3, -0.25) is 10.1 Å². The van der Waals surface area contributed by atoms with Crippen LogP contribution in [0, 0.1) is 10.1 Å². The van der Waals surface area contributed by atoms with E-state index in [1.54, 1.807) is 41.5 Å². The molecule has 0 fully saturated rings. The van der Waals surface area contributed by atoms with Crippen LogP contribution in [0.25, 0.3) is 5.82 Å². The molecule has 0 radical (unpaired) electrons. The zero-order valence-electron chi connectivity index (χ0n) is 14.2. The highest BCUT2D eigenvalue weighted by atomic mass is 32.2. The Morgan fingerprint density at radius 3 is 2.70 bits per heavy atom. The summed E-state index contributed by atoms with van der Waals surface area (Å²) < 4.78 is 27.4. The number of nitrogens with zero attached hydrogens (tertiary/aromatic N) is 4. The van der Waals surface area contributed by atoms with Crippen molar-refractivity contribution in [1.82, 2.24) is 19.5 Å². The molecular formula is C16H16N6O4S. The molecule has 0 amide bonds. The van der Waals surface area contributed by atoms with Gasteiger partial charge < -0.3 is 5.32 Å². The van der Waals surface area contributed by atoms with Crippen LogP contribution in [0.1, 0.15) is 5.56 Å². The Balaban J connectivity index is 1.84. The average Bonchev–Trinajstić information content (AvgIpc) is 3.21. The lowest BCUT2D eigenvalue weighted by Crippen LogP contribution is -2.18. The Hall–Kier alpha value is -3.31. The standard InChI is InChI=1S/C16H16N6O4S/c1-17-27(25,26)13-3-4-14(15(10-13)22(23)24)19-11-12-5-7-18-16(9-12)21-8-2-6-20-21/h2-10,17,19H,11H2,1H3. The quantitative estimate of drug-likeness (QED) is 0.465. The van der Waals surface area contributed by atoms with Gasteiger partial charge in [0.2, 0.25) is 10.0 Å². The molecule has 0 spiro atoms. The highest BCUT2D eigenvalue weighted by molar-refractivity contribution is 7.89. The van der Waals surface area contributed by atoms with Gasteiger partial charge >= 0.3 is 0 Å². The molecule has 0 saturated heterocycles. The molecule has 1 aromatic carbocycles. The minimum atomic E-state index is -3.77. The van der Waals surface area contributed by atoms with Gasteiger partial charge in [0.1, 0.15) is 5.69 Å². The topological polar surface area (TPSA) is 132 Å². The highest BCUT2D eigenvalue weighted by Crippen LogP contribution is 2.28. The molecule has 0 saturated carbocycles. The van der Waals surface area contributed by atoms with Crippen LogP contribution in [0.3, 0.4) is 0 Å². The maximum Gasteiger partial charge on any atom is 0.293 e. The van der Waals surface area contributed by atoms with E-state index in [9.17, 15) is 18.5 Å². The highest BCUT2D eigenvalue weighted by Gasteiger charge is 2.20. The summed E-state index contributed by atoms with van der Waals surface area (Å²) >= 11 is 0. The fraction of sp³-hybridized carbons (Fsp3) is 0.125. The summed E-state index contributed by atoms with van der Waals surface area (Å²) in [5, 5.41) is 18.4. The van der Waals surface area contributed by atoms with Crippen molar-refractivity contribution in [3.63, 3.8) is 0 Å². The minimum Gasteiger partial charge on any atom is -0.375 e. The molecule has 3 rings (SSSR count). The molecule has 10 nitrogen and oxygen atoms in total. The summed E-state index contributed by atoms with van der Waals surface area (Å²) in [6.07, 6.45) is 5.01. The smallest absolute Gasteiger partial charge is 0.293 e. The van der Waals surface area contributed by atoms with Crippen LogP contribution in [0.2, 0.25) is 0 Å². The maximum absolute atomic E-state index is 11.8. The van der Waals surface area contributed by atoms with Crippen molar-refractivity contribution >= 4 is 21.4 Å². The van der Waals surface area contributed by atoms with E-state index in [0.29, 0.717) is 5.82 Å². The fourth-order valence-electron chi connectivity index (χ4n) is 2.39. The van der Waals surface area contributed by atoms with Crippen LogP contribution in [-0.2, 0) is 16.6 Å². The van der Waals surface area contributed by atoms with E-state index in [2.05, 4.69) is 20.1 Å². The lowest BCUT2D eigenvalue weighted by molar-refractivity contribution is -0.384. The molecule has 27 heavy (non-hydrogen) atoms. The van der Waals surface area contributed by atoms with Gasteiger partial charge in [0, 0.05) is 31.2 Å². The predicted octanol–water partition coefficient (Wildman–Crippen LogP) is 1.70. The first-order valence-corrected chi connectivity index (χ1v) is 9.30. The van der Waals surface area contributed by atoms with Crippen molar-refractivity contribution in [2.24, 2.45) is 0 Å². The largest absolute Gasteiger partial charge is 0.375 e. The van der Waals surface area contributed by atoms with Gasteiger partial charge in [-0.1, -0.05) is 0 Å². The zero-order chi connectivity index (χ0) is 19.4. The number of rotatable bonds is 7. The van der Waals surface area contributed by atoms with E-state index >= 15 is 0 Å². The second kappa shape index (κ2) is 7.51. The van der Waals surface area contributed by atoms with Crippen molar-refractivity contribution in [3.8, 4) is 5.82 Å². The summed E-state index contributed by atoms with van der Waals surface area (Å²) in [5.74, 6) is 0.615. The van der Waals surface area contributed by atoms with Crippen molar-refractivity contribution < 1.29 is 13.3 Å². The SMILES string of the molecule is CNS(=O)(=O)c1ccc(NCc2ccnc(-n3cccn3)c2)c([N+](=O)[O-])c1. The van der Waals surface area contributed by atoms with Gasteiger partial charge in [-0.2, -0.15) is 5.10 Å². The van der Waals surface area contributed by atoms with Gasteiger partial charge in [0.05, 0.1) is 9.82 Å². The Morgan fingerprint density at radius 2 is 2.04 bits per heavy atom. The Bertz CT molecular complexity index is 1070. The number of aromatic nitrogens is 3. The average molecular weight is 388 g/mol. The van der Waals surface area contributed by atoms with Crippen LogP contribution < -0.4 is 10.0 Å². The Kier molecular flexibility index (Phi) is 5.14. The van der Waals surface area contributed by atoms with Crippen LogP contribution in [0.15, 0.2) is 59.9 Å². The molecule has 0 aliphatic carbocycles. The van der Waals surface area contributed by atoms with Gasteiger partial charge in [0.15, 0.2) is 5.82 Å². The molecule has 3 aromatic rings. The number of sulfonamides is 1. The molecule has 2 N–H and O–H groups in total. The Labute approximate surface area is 155 Å². The number of hydrogen-bond donors (Lipinski definition) is 2. The minimum absolute atomic E-state index is 0.174. The maximum atomic E-state index is 11.8. The van der Waals surface area contributed by atoms with Crippen LogP contribution in [0.5, 0.6) is 0 Å². The molecule has 0 aliphatic heterocycles. The third kappa shape index (κ3) is 4.10. The van der Waals surface area contributed by atoms with Gasteiger partial charge in [0.25, 0.3) is 5.69 Å². The summed E-state index contributed by atoms with van der Waals surface area (Å²) in [5.41, 5.74) is 0.719. The van der Waals surface area contributed by atoms with Crippen molar-refractivity contribution in [1.29, 1.82) is 0 Å². The lowest BCUT2D eigenvalue weighted by atomic mass is 10.2. The van der Waals surface area contributed by atoms with E-state index in [4.69, 9.17) is 0 Å². The van der Waals surface area contributed by atoms with E-state index in [-0.39, 0.29) is 22.8 Å². The third-order valence-corrected chi connectivity index (χ3v) is 5.19. The zero-order valence-corrected chi connectivity index (χ0v) is 15.0. The van der Waals surface area contributed by atoms with Crippen LogP contribution in [0.4, 0.5) is 11.4 Å². The molecule has 2 aromatic heterocycles. The number of benzene rings is 1. The summed E-state index contributed by atoms with van der Waals surface area (Å²) in [6, 6.07) is 9.05. The molecule has 11 heteroatoms. The number of nitro groups is 1. The third-order valence-electron chi connectivity index (χ3n) is 3.78. The molecular weight excluding hydrogens is 372 g/mol. The first kappa shape index (κ1) is 18.5. The van der Waals surface area contributed by atoms with Crippen molar-refractivity contribution in [3.05, 3.63) is 70.7 Å². The number of nitro benzene ring substituents is 1. The molecule has 0 unspecified atom stereocenters. The van der Waals surface area contributed by atoms with Crippen molar-refractivity contribution in [2.75, 3.05) is 12.4 Å². The van der Waals surface area contributed by atoms with Gasteiger partial charge in [-0.15, -0.1) is 0 Å². The molecule has 2 heterocycles. The number of nitrogens with one attached hydrogen (secondary N) is 2. The monoisotopic (exact) mass is 388 g/mol. The van der Waals surface area contributed by atoms with E-state index < -0.39 is 14.9 Å². The molecule has 0 bridgehead atoms. The molecule has 0 aliphatic rings. The van der Waals surface area contributed by atoms with E-state index in [1.807, 2.05) is 0 Å². The summed E-state index contributed by atoms with van der Waals surface area (Å²) in [4.78, 5) is 14.8. The number of anilines is 1. The first-order chi connectivity index (χ1) is 12.9. The predicted molar refractivity (Wildman–Crippen MR) is 98.0 cm³/mol. The van der Waals surface area contributed by atoms with Gasteiger partial charge in [-0.05, 0) is 42.9 Å².